The third-order valence-electron chi connectivity index (χ3n) is 1.85. The van der Waals surface area contributed by atoms with Crippen molar-refractivity contribution in [1.29, 1.82) is 0 Å². The molecule has 0 fully saturated rings. The highest BCUT2D eigenvalue weighted by Gasteiger charge is 2.24. The van der Waals surface area contributed by atoms with Crippen molar-refractivity contribution in [2.24, 2.45) is 0 Å². The molecule has 0 atom stereocenters. The molecular formula is C10H7ClF2O3. The van der Waals surface area contributed by atoms with Crippen LogP contribution in [0.15, 0.2) is 18.2 Å². The summed E-state index contributed by atoms with van der Waals surface area (Å²) in [5.41, 5.74) is -0.661. The first-order valence-electron chi connectivity index (χ1n) is 4.17. The summed E-state index contributed by atoms with van der Waals surface area (Å²) in [4.78, 5) is 22.3. The van der Waals surface area contributed by atoms with Crippen LogP contribution >= 0.6 is 11.6 Å². The molecule has 0 spiro atoms. The van der Waals surface area contributed by atoms with Crippen LogP contribution in [0.1, 0.15) is 20.7 Å². The van der Waals surface area contributed by atoms with Crippen molar-refractivity contribution >= 4 is 23.4 Å². The molecule has 0 saturated carbocycles. The monoisotopic (exact) mass is 248 g/mol. The number of methoxy groups -OCH3 is 1. The average molecular weight is 249 g/mol. The van der Waals surface area contributed by atoms with Crippen molar-refractivity contribution in [2.45, 2.75) is 6.43 Å². The molecule has 0 bridgehead atoms. The molecule has 0 aliphatic heterocycles. The fraction of sp³-hybridized carbons (Fsp3) is 0.200. The number of rotatable bonds is 3. The van der Waals surface area contributed by atoms with Crippen molar-refractivity contribution < 1.29 is 23.1 Å². The average Bonchev–Trinajstić information content (AvgIpc) is 2.26. The number of carbonyl (C=O) groups excluding carboxylic acids is 2. The highest BCUT2D eigenvalue weighted by Crippen LogP contribution is 2.19. The third kappa shape index (κ3) is 2.55. The molecule has 0 unspecified atom stereocenters. The first-order valence-corrected chi connectivity index (χ1v) is 4.55. The summed E-state index contributed by atoms with van der Waals surface area (Å²) in [6.07, 6.45) is -3.18. The lowest BCUT2D eigenvalue weighted by atomic mass is 10.0. The van der Waals surface area contributed by atoms with E-state index in [1.807, 2.05) is 0 Å². The van der Waals surface area contributed by atoms with Crippen molar-refractivity contribution in [3.63, 3.8) is 0 Å². The lowest BCUT2D eigenvalue weighted by Gasteiger charge is -2.06. The largest absolute Gasteiger partial charge is 0.465 e. The van der Waals surface area contributed by atoms with E-state index in [1.165, 1.54) is 6.07 Å². The molecule has 0 aromatic heterocycles. The molecule has 1 aromatic carbocycles. The van der Waals surface area contributed by atoms with Gasteiger partial charge < -0.3 is 4.74 Å². The number of ketones is 1. The summed E-state index contributed by atoms with van der Waals surface area (Å²) in [7, 11) is 1.08. The molecule has 6 heteroatoms. The number of hydrogen-bond acceptors (Lipinski definition) is 3. The fourth-order valence-corrected chi connectivity index (χ4v) is 1.30. The van der Waals surface area contributed by atoms with E-state index >= 15 is 0 Å². The minimum atomic E-state index is -3.18. The number of halogens is 3. The van der Waals surface area contributed by atoms with Crippen LogP contribution in [-0.2, 0) is 4.74 Å². The van der Waals surface area contributed by atoms with E-state index in [0.29, 0.717) is 0 Å². The lowest BCUT2D eigenvalue weighted by molar-refractivity contribution is 0.0585. The van der Waals surface area contributed by atoms with Gasteiger partial charge in [0.15, 0.2) is 0 Å². The molecule has 1 aromatic rings. The van der Waals surface area contributed by atoms with Crippen LogP contribution in [0, 0.1) is 0 Å². The van der Waals surface area contributed by atoms with Crippen LogP contribution in [-0.4, -0.2) is 25.3 Å². The molecule has 3 nitrogen and oxygen atoms in total. The predicted octanol–water partition coefficient (Wildman–Crippen LogP) is 2.57. The molecule has 0 saturated heterocycles. The van der Waals surface area contributed by atoms with Gasteiger partial charge in [-0.25, -0.2) is 13.6 Å². The maximum Gasteiger partial charge on any atom is 0.338 e. The van der Waals surface area contributed by atoms with E-state index in [2.05, 4.69) is 4.74 Å². The molecule has 86 valence electrons. The molecule has 0 N–H and O–H groups in total. The SMILES string of the molecule is COC(=O)c1cc(Cl)ccc1C(=O)C(F)F. The number of hydrogen-bond donors (Lipinski definition) is 0. The van der Waals surface area contributed by atoms with Crippen molar-refractivity contribution in [1.82, 2.24) is 0 Å². The molecule has 0 heterocycles. The topological polar surface area (TPSA) is 43.4 Å². The zero-order chi connectivity index (χ0) is 12.3. The maximum atomic E-state index is 12.2. The molecular weight excluding hydrogens is 242 g/mol. The zero-order valence-corrected chi connectivity index (χ0v) is 8.92. The Morgan fingerprint density at radius 3 is 2.44 bits per heavy atom. The summed E-state index contributed by atoms with van der Waals surface area (Å²) in [5, 5.41) is 0.159. The second-order valence-corrected chi connectivity index (χ2v) is 3.28. The van der Waals surface area contributed by atoms with Crippen LogP contribution in [0.4, 0.5) is 8.78 Å². The van der Waals surface area contributed by atoms with Crippen molar-refractivity contribution in [3.05, 3.63) is 34.3 Å². The van der Waals surface area contributed by atoms with Crippen molar-refractivity contribution in [3.8, 4) is 0 Å². The van der Waals surface area contributed by atoms with Gasteiger partial charge in [0.2, 0.25) is 5.78 Å². The van der Waals surface area contributed by atoms with Gasteiger partial charge in [-0.15, -0.1) is 0 Å². The van der Waals surface area contributed by atoms with Crippen LogP contribution in [0.25, 0.3) is 0 Å². The Hall–Kier alpha value is -1.49. The van der Waals surface area contributed by atoms with E-state index in [1.54, 1.807) is 0 Å². The Kier molecular flexibility index (Phi) is 3.95. The Morgan fingerprint density at radius 1 is 1.31 bits per heavy atom. The number of benzene rings is 1. The second kappa shape index (κ2) is 5.03. The van der Waals surface area contributed by atoms with Crippen LogP contribution in [0.5, 0.6) is 0 Å². The van der Waals surface area contributed by atoms with Gasteiger partial charge in [0.05, 0.1) is 12.7 Å². The van der Waals surface area contributed by atoms with Gasteiger partial charge in [-0.3, -0.25) is 4.79 Å². The lowest BCUT2D eigenvalue weighted by Crippen LogP contribution is -2.16. The summed E-state index contributed by atoms with van der Waals surface area (Å²) < 4.78 is 28.8. The molecule has 16 heavy (non-hydrogen) atoms. The molecule has 0 aliphatic rings. The Labute approximate surface area is 95.0 Å². The van der Waals surface area contributed by atoms with Gasteiger partial charge in [-0.1, -0.05) is 11.6 Å². The second-order valence-electron chi connectivity index (χ2n) is 2.85. The van der Waals surface area contributed by atoms with Gasteiger partial charge in [0.1, 0.15) is 0 Å². The molecule has 1 rings (SSSR count). The summed E-state index contributed by atoms with van der Waals surface area (Å²) in [5.74, 6) is -2.32. The van der Waals surface area contributed by atoms with Crippen molar-refractivity contribution in [2.75, 3.05) is 7.11 Å². The highest BCUT2D eigenvalue weighted by atomic mass is 35.5. The van der Waals surface area contributed by atoms with Crippen LogP contribution in [0.3, 0.4) is 0 Å². The van der Waals surface area contributed by atoms with Gasteiger partial charge >= 0.3 is 12.4 Å². The number of carbonyl (C=O) groups is 2. The number of esters is 1. The van der Waals surface area contributed by atoms with Gasteiger partial charge in [0.25, 0.3) is 0 Å². The first-order chi connectivity index (χ1) is 7.47. The van der Waals surface area contributed by atoms with E-state index in [0.717, 1.165) is 19.2 Å². The molecule has 0 aliphatic carbocycles. The van der Waals surface area contributed by atoms with E-state index in [9.17, 15) is 18.4 Å². The van der Waals surface area contributed by atoms with Crippen LogP contribution in [0.2, 0.25) is 5.02 Å². The number of ether oxygens (including phenoxy) is 1. The zero-order valence-electron chi connectivity index (χ0n) is 8.17. The molecule has 0 radical (unpaired) electrons. The number of alkyl halides is 2. The Morgan fingerprint density at radius 2 is 1.94 bits per heavy atom. The molecule has 0 amide bonds. The Balaban J connectivity index is 3.28. The van der Waals surface area contributed by atoms with Gasteiger partial charge in [-0.2, -0.15) is 0 Å². The number of Topliss-reactive ketones (excluding diaryl/α,β-unsaturated/α-hetero) is 1. The van der Waals surface area contributed by atoms with Crippen LogP contribution < -0.4 is 0 Å². The highest BCUT2D eigenvalue weighted by molar-refractivity contribution is 6.31. The summed E-state index contributed by atoms with van der Waals surface area (Å²) >= 11 is 5.60. The maximum absolute atomic E-state index is 12.2. The smallest absolute Gasteiger partial charge is 0.338 e. The first kappa shape index (κ1) is 12.6. The predicted molar refractivity (Wildman–Crippen MR) is 53.1 cm³/mol. The normalized spacial score (nSPS) is 10.3. The minimum Gasteiger partial charge on any atom is -0.465 e. The summed E-state index contributed by atoms with van der Waals surface area (Å²) in [6.45, 7) is 0. The van der Waals surface area contributed by atoms with E-state index in [-0.39, 0.29) is 10.6 Å². The van der Waals surface area contributed by atoms with Gasteiger partial charge in [0, 0.05) is 10.6 Å². The Bertz CT molecular complexity index is 432. The van der Waals surface area contributed by atoms with E-state index in [4.69, 9.17) is 11.6 Å². The standard InChI is InChI=1S/C10H7ClF2O3/c1-16-10(15)7-4-5(11)2-3-6(7)8(14)9(12)13/h2-4,9H,1H3. The van der Waals surface area contributed by atoms with Gasteiger partial charge in [-0.05, 0) is 18.2 Å². The minimum absolute atomic E-state index is 0.159. The quantitative estimate of drug-likeness (QED) is 0.610. The third-order valence-corrected chi connectivity index (χ3v) is 2.09. The summed E-state index contributed by atoms with van der Waals surface area (Å²) in [6, 6.07) is 3.44. The van der Waals surface area contributed by atoms with E-state index < -0.39 is 23.7 Å². The fourth-order valence-electron chi connectivity index (χ4n) is 1.13.